The lowest BCUT2D eigenvalue weighted by atomic mass is 10.1. The van der Waals surface area contributed by atoms with Crippen LogP contribution in [0.3, 0.4) is 0 Å². The molecule has 21 heavy (non-hydrogen) atoms. The molecule has 1 aromatic carbocycles. The topological polar surface area (TPSA) is 84.5 Å². The number of hydrogen-bond acceptors (Lipinski definition) is 5. The molecule has 3 N–H and O–H groups in total. The zero-order valence-corrected chi connectivity index (χ0v) is 12.4. The Morgan fingerprint density at radius 3 is 2.95 bits per heavy atom. The summed E-state index contributed by atoms with van der Waals surface area (Å²) in [5, 5.41) is 0. The fourth-order valence-corrected chi connectivity index (χ4v) is 2.82. The van der Waals surface area contributed by atoms with Crippen molar-refractivity contribution in [3.63, 3.8) is 0 Å². The van der Waals surface area contributed by atoms with Gasteiger partial charge in [0.1, 0.15) is 0 Å². The van der Waals surface area contributed by atoms with E-state index in [2.05, 4.69) is 16.8 Å². The molecular formula is C15H21N3O3. The molecule has 0 radical (unpaired) electrons. The number of oxazole rings is 1. The first-order chi connectivity index (χ1) is 10.1. The van der Waals surface area contributed by atoms with Crippen LogP contribution in [0.2, 0.25) is 0 Å². The average molecular weight is 291 g/mol. The highest BCUT2D eigenvalue weighted by atomic mass is 16.5. The Hall–Kier alpha value is -1.95. The maximum atomic E-state index is 11.3. The molecule has 0 spiro atoms. The van der Waals surface area contributed by atoms with Crippen LogP contribution in [0.15, 0.2) is 21.3 Å². The Labute approximate surface area is 122 Å². The van der Waals surface area contributed by atoms with E-state index in [4.69, 9.17) is 14.9 Å². The van der Waals surface area contributed by atoms with E-state index in [1.54, 1.807) is 13.2 Å². The zero-order valence-electron chi connectivity index (χ0n) is 12.4. The Bertz CT molecular complexity index is 687. The summed E-state index contributed by atoms with van der Waals surface area (Å²) < 4.78 is 10.3. The van der Waals surface area contributed by atoms with Crippen LogP contribution in [-0.4, -0.2) is 31.3 Å². The van der Waals surface area contributed by atoms with Gasteiger partial charge in [0.25, 0.3) is 0 Å². The van der Waals surface area contributed by atoms with Gasteiger partial charge in [-0.15, -0.1) is 0 Å². The van der Waals surface area contributed by atoms with Gasteiger partial charge in [-0.25, -0.2) is 4.79 Å². The van der Waals surface area contributed by atoms with E-state index in [0.29, 0.717) is 35.4 Å². The molecule has 1 fully saturated rings. The van der Waals surface area contributed by atoms with Crippen LogP contribution in [0.4, 0.5) is 11.4 Å². The maximum absolute atomic E-state index is 11.3. The fourth-order valence-electron chi connectivity index (χ4n) is 2.82. The predicted molar refractivity (Wildman–Crippen MR) is 82.7 cm³/mol. The smallest absolute Gasteiger partial charge is 0.408 e. The van der Waals surface area contributed by atoms with Gasteiger partial charge in [0, 0.05) is 25.8 Å². The average Bonchev–Trinajstić information content (AvgIpc) is 3.22. The first-order valence-corrected chi connectivity index (χ1v) is 7.28. The standard InChI is InChI=1S/C15H21N3O3/c1-9(10-3-4-10)18(5-6-20-2)13-8-12-14(7-11(13)16)21-15(19)17-12/h7-10H,3-6,16H2,1-2H3,(H,17,19). The SMILES string of the molecule is COCCN(c1cc2[nH]c(=O)oc2cc1N)C(C)C1CC1. The Morgan fingerprint density at radius 2 is 2.29 bits per heavy atom. The summed E-state index contributed by atoms with van der Waals surface area (Å²) in [6.07, 6.45) is 2.52. The fraction of sp³-hybridized carbons (Fsp3) is 0.533. The number of methoxy groups -OCH3 is 1. The third-order valence-corrected chi connectivity index (χ3v) is 4.21. The predicted octanol–water partition coefficient (Wildman–Crippen LogP) is 1.95. The van der Waals surface area contributed by atoms with Crippen molar-refractivity contribution in [1.82, 2.24) is 4.98 Å². The van der Waals surface area contributed by atoms with Crippen molar-refractivity contribution in [3.8, 4) is 0 Å². The summed E-state index contributed by atoms with van der Waals surface area (Å²) in [5.74, 6) is 0.251. The Balaban J connectivity index is 1.99. The number of benzene rings is 1. The number of fused-ring (bicyclic) bond motifs is 1. The van der Waals surface area contributed by atoms with Gasteiger partial charge in [0.2, 0.25) is 0 Å². The number of aromatic nitrogens is 1. The number of ether oxygens (including phenoxy) is 1. The van der Waals surface area contributed by atoms with Crippen LogP contribution < -0.4 is 16.4 Å². The summed E-state index contributed by atoms with van der Waals surface area (Å²) in [4.78, 5) is 16.3. The highest BCUT2D eigenvalue weighted by molar-refractivity contribution is 5.85. The molecule has 1 aliphatic rings. The summed E-state index contributed by atoms with van der Waals surface area (Å²) >= 11 is 0. The largest absolute Gasteiger partial charge is 0.417 e. The molecular weight excluding hydrogens is 270 g/mol. The molecule has 6 nitrogen and oxygen atoms in total. The minimum absolute atomic E-state index is 0.401. The van der Waals surface area contributed by atoms with Crippen molar-refractivity contribution in [3.05, 3.63) is 22.7 Å². The molecule has 1 heterocycles. The van der Waals surface area contributed by atoms with Gasteiger partial charge >= 0.3 is 5.76 Å². The lowest BCUT2D eigenvalue weighted by molar-refractivity contribution is 0.203. The van der Waals surface area contributed by atoms with Crippen LogP contribution >= 0.6 is 0 Å². The van der Waals surface area contributed by atoms with Crippen LogP contribution in [0.5, 0.6) is 0 Å². The molecule has 2 aromatic rings. The van der Waals surface area contributed by atoms with Crippen molar-refractivity contribution in [2.24, 2.45) is 5.92 Å². The van der Waals surface area contributed by atoms with Crippen LogP contribution in [0.25, 0.3) is 11.1 Å². The van der Waals surface area contributed by atoms with Gasteiger partial charge < -0.3 is 19.8 Å². The number of anilines is 2. The Kier molecular flexibility index (Phi) is 3.63. The van der Waals surface area contributed by atoms with Crippen LogP contribution in [0.1, 0.15) is 19.8 Å². The number of hydrogen-bond donors (Lipinski definition) is 2. The molecule has 0 saturated heterocycles. The van der Waals surface area contributed by atoms with E-state index in [-0.39, 0.29) is 0 Å². The molecule has 6 heteroatoms. The monoisotopic (exact) mass is 291 g/mol. The first kappa shape index (κ1) is 14.0. The third kappa shape index (κ3) is 2.76. The molecule has 0 aliphatic heterocycles. The minimum atomic E-state index is -0.458. The van der Waals surface area contributed by atoms with Gasteiger partial charge in [-0.2, -0.15) is 0 Å². The second-order valence-corrected chi connectivity index (χ2v) is 5.69. The summed E-state index contributed by atoms with van der Waals surface area (Å²) in [6, 6.07) is 4.00. The molecule has 1 unspecified atom stereocenters. The molecule has 1 aliphatic carbocycles. The lowest BCUT2D eigenvalue weighted by Crippen LogP contribution is -2.37. The number of H-pyrrole nitrogens is 1. The second kappa shape index (κ2) is 5.44. The van der Waals surface area contributed by atoms with Gasteiger partial charge in [0.05, 0.1) is 23.5 Å². The maximum Gasteiger partial charge on any atom is 0.417 e. The van der Waals surface area contributed by atoms with E-state index in [1.807, 2.05) is 6.07 Å². The van der Waals surface area contributed by atoms with E-state index >= 15 is 0 Å². The van der Waals surface area contributed by atoms with E-state index in [1.165, 1.54) is 12.8 Å². The number of aromatic amines is 1. The van der Waals surface area contributed by atoms with Gasteiger partial charge in [0.15, 0.2) is 5.58 Å². The molecule has 114 valence electrons. The van der Waals surface area contributed by atoms with Crippen LogP contribution in [-0.2, 0) is 4.74 Å². The quantitative estimate of drug-likeness (QED) is 0.795. The highest BCUT2D eigenvalue weighted by Gasteiger charge is 2.32. The highest BCUT2D eigenvalue weighted by Crippen LogP contribution is 2.39. The van der Waals surface area contributed by atoms with Gasteiger partial charge in [-0.05, 0) is 31.7 Å². The zero-order chi connectivity index (χ0) is 15.0. The molecule has 3 rings (SSSR count). The number of rotatable bonds is 6. The van der Waals surface area contributed by atoms with Gasteiger partial charge in [-0.3, -0.25) is 4.98 Å². The van der Waals surface area contributed by atoms with Crippen molar-refractivity contribution >= 4 is 22.5 Å². The van der Waals surface area contributed by atoms with Crippen molar-refractivity contribution in [1.29, 1.82) is 0 Å². The molecule has 1 saturated carbocycles. The number of nitrogens with zero attached hydrogens (tertiary/aromatic N) is 1. The number of nitrogen functional groups attached to an aromatic ring is 1. The van der Waals surface area contributed by atoms with Crippen molar-refractivity contribution in [2.75, 3.05) is 30.9 Å². The van der Waals surface area contributed by atoms with E-state index in [9.17, 15) is 4.79 Å². The third-order valence-electron chi connectivity index (χ3n) is 4.21. The summed E-state index contributed by atoms with van der Waals surface area (Å²) in [6.45, 7) is 3.62. The number of nitrogens with two attached hydrogens (primary N) is 1. The summed E-state index contributed by atoms with van der Waals surface area (Å²) in [5.41, 5.74) is 8.88. The van der Waals surface area contributed by atoms with Crippen molar-refractivity contribution in [2.45, 2.75) is 25.8 Å². The molecule has 1 atom stereocenters. The number of nitrogens with one attached hydrogen (secondary N) is 1. The van der Waals surface area contributed by atoms with E-state index in [0.717, 1.165) is 12.2 Å². The summed E-state index contributed by atoms with van der Waals surface area (Å²) in [7, 11) is 1.69. The first-order valence-electron chi connectivity index (χ1n) is 7.28. The normalized spacial score (nSPS) is 16.3. The van der Waals surface area contributed by atoms with E-state index < -0.39 is 5.76 Å². The van der Waals surface area contributed by atoms with Gasteiger partial charge in [-0.1, -0.05) is 0 Å². The van der Waals surface area contributed by atoms with Crippen LogP contribution in [0, 0.1) is 5.92 Å². The molecule has 0 bridgehead atoms. The second-order valence-electron chi connectivity index (χ2n) is 5.69. The Morgan fingerprint density at radius 1 is 1.52 bits per heavy atom. The lowest BCUT2D eigenvalue weighted by Gasteiger charge is -2.32. The van der Waals surface area contributed by atoms with Crippen molar-refractivity contribution < 1.29 is 9.15 Å². The molecule has 0 amide bonds. The minimum Gasteiger partial charge on any atom is -0.408 e. The molecule has 1 aromatic heterocycles.